The summed E-state index contributed by atoms with van der Waals surface area (Å²) >= 11 is 6.52. The molecule has 104 valence electrons. The van der Waals surface area contributed by atoms with Crippen molar-refractivity contribution in [3.8, 4) is 0 Å². The highest BCUT2D eigenvalue weighted by atomic mass is 79.9. The van der Waals surface area contributed by atoms with E-state index in [1.165, 1.54) is 25.7 Å². The molecule has 0 saturated heterocycles. The maximum Gasteiger partial charge on any atom is 0.220 e. The van der Waals surface area contributed by atoms with Crippen LogP contribution < -0.4 is 5.32 Å². The summed E-state index contributed by atoms with van der Waals surface area (Å²) in [6.45, 7) is 4.27. The maximum absolute atomic E-state index is 11.5. The van der Waals surface area contributed by atoms with Gasteiger partial charge in [-0.2, -0.15) is 0 Å². The van der Waals surface area contributed by atoms with E-state index in [9.17, 15) is 4.79 Å². The third-order valence-electron chi connectivity index (χ3n) is 2.63. The van der Waals surface area contributed by atoms with Gasteiger partial charge < -0.3 is 5.32 Å². The molecule has 0 aromatic carbocycles. The van der Waals surface area contributed by atoms with E-state index in [4.69, 9.17) is 0 Å². The van der Waals surface area contributed by atoms with Gasteiger partial charge >= 0.3 is 0 Å². The van der Waals surface area contributed by atoms with Crippen LogP contribution in [0.3, 0.4) is 0 Å². The Bertz CT molecular complexity index is 265. The summed E-state index contributed by atoms with van der Waals surface area (Å²) in [7, 11) is 0. The number of allylic oxidation sites excluding steroid dienone is 1. The largest absolute Gasteiger partial charge is 0.351 e. The van der Waals surface area contributed by atoms with Gasteiger partial charge in [-0.15, -0.1) is 6.58 Å². The first-order valence-corrected chi connectivity index (χ1v) is 8.24. The van der Waals surface area contributed by atoms with Crippen molar-refractivity contribution < 1.29 is 4.79 Å². The average Bonchev–Trinajstić information content (AvgIpc) is 2.39. The van der Waals surface area contributed by atoms with E-state index >= 15 is 0 Å². The summed E-state index contributed by atoms with van der Waals surface area (Å²) in [6, 6.07) is 0. The minimum absolute atomic E-state index is 0.132. The normalized spacial score (nSPS) is 11.3. The standard InChI is InChI=1S/C14H23Br2NO/c1-2-3-4-5-6-7-8-9-10-14(18)17-12-13(16)11-15/h2,11H,1,3-10,12H2,(H,17,18). The van der Waals surface area contributed by atoms with Gasteiger partial charge in [0.15, 0.2) is 0 Å². The molecule has 0 unspecified atom stereocenters. The van der Waals surface area contributed by atoms with E-state index in [0.717, 1.165) is 23.7 Å². The number of halogens is 2. The van der Waals surface area contributed by atoms with Crippen LogP contribution in [0.15, 0.2) is 22.1 Å². The van der Waals surface area contributed by atoms with Crippen molar-refractivity contribution in [2.75, 3.05) is 6.54 Å². The number of nitrogens with one attached hydrogen (secondary N) is 1. The van der Waals surface area contributed by atoms with Gasteiger partial charge in [-0.25, -0.2) is 0 Å². The van der Waals surface area contributed by atoms with Gasteiger partial charge in [-0.3, -0.25) is 4.79 Å². The fourth-order valence-electron chi connectivity index (χ4n) is 1.59. The summed E-state index contributed by atoms with van der Waals surface area (Å²) in [4.78, 5) is 13.2. The molecule has 0 bridgehead atoms. The van der Waals surface area contributed by atoms with Crippen molar-refractivity contribution in [3.63, 3.8) is 0 Å². The molecule has 0 heterocycles. The first kappa shape index (κ1) is 17.9. The van der Waals surface area contributed by atoms with Crippen molar-refractivity contribution >= 4 is 37.8 Å². The number of hydrogen-bond donors (Lipinski definition) is 1. The van der Waals surface area contributed by atoms with Crippen LogP contribution in [0.25, 0.3) is 0 Å². The number of carbonyl (C=O) groups excluding carboxylic acids is 1. The molecule has 0 atom stereocenters. The monoisotopic (exact) mass is 379 g/mol. The van der Waals surface area contributed by atoms with Gasteiger partial charge in [0, 0.05) is 17.4 Å². The number of amides is 1. The van der Waals surface area contributed by atoms with Crippen LogP contribution in [-0.4, -0.2) is 12.5 Å². The lowest BCUT2D eigenvalue weighted by atomic mass is 10.1. The smallest absolute Gasteiger partial charge is 0.220 e. The second-order valence-corrected chi connectivity index (χ2v) is 5.76. The predicted octanol–water partition coefficient (Wildman–Crippen LogP) is 5.04. The first-order chi connectivity index (χ1) is 8.70. The molecule has 0 spiro atoms. The Kier molecular flexibility index (Phi) is 13.3. The Labute approximate surface area is 128 Å². The van der Waals surface area contributed by atoms with E-state index in [-0.39, 0.29) is 5.91 Å². The molecule has 0 rings (SSSR count). The molecule has 2 nitrogen and oxygen atoms in total. The van der Waals surface area contributed by atoms with Gasteiger partial charge in [0.05, 0.1) is 0 Å². The number of hydrogen-bond acceptors (Lipinski definition) is 1. The lowest BCUT2D eigenvalue weighted by Gasteiger charge is -2.04. The Balaban J connectivity index is 3.27. The lowest BCUT2D eigenvalue weighted by molar-refractivity contribution is -0.121. The number of rotatable bonds is 11. The topological polar surface area (TPSA) is 29.1 Å². The molecule has 0 aromatic rings. The highest BCUT2D eigenvalue weighted by molar-refractivity contribution is 9.14. The molecule has 0 fully saturated rings. The first-order valence-electron chi connectivity index (χ1n) is 6.53. The Hall–Kier alpha value is -0.0900. The summed E-state index contributed by atoms with van der Waals surface area (Å²) < 4.78 is 0.943. The fourth-order valence-corrected chi connectivity index (χ4v) is 1.89. The highest BCUT2D eigenvalue weighted by Crippen LogP contribution is 2.09. The van der Waals surface area contributed by atoms with Crippen LogP contribution in [0, 0.1) is 0 Å². The van der Waals surface area contributed by atoms with Gasteiger partial charge in [0.1, 0.15) is 0 Å². The average molecular weight is 381 g/mol. The Morgan fingerprint density at radius 1 is 1.11 bits per heavy atom. The molecule has 18 heavy (non-hydrogen) atoms. The summed E-state index contributed by atoms with van der Waals surface area (Å²) in [5.74, 6) is 0.132. The Morgan fingerprint density at radius 2 is 1.72 bits per heavy atom. The molecule has 0 saturated carbocycles. The Morgan fingerprint density at radius 3 is 2.33 bits per heavy atom. The molecule has 1 amide bonds. The minimum atomic E-state index is 0.132. The molecule has 4 heteroatoms. The van der Waals surface area contributed by atoms with Crippen molar-refractivity contribution in [2.24, 2.45) is 0 Å². The van der Waals surface area contributed by atoms with Crippen LogP contribution in [0.1, 0.15) is 51.4 Å². The summed E-state index contributed by atoms with van der Waals surface area (Å²) in [5.41, 5.74) is 0. The molecule has 0 aliphatic heterocycles. The van der Waals surface area contributed by atoms with Gasteiger partial charge in [0.2, 0.25) is 5.91 Å². The summed E-state index contributed by atoms with van der Waals surface area (Å²) in [6.07, 6.45) is 10.9. The van der Waals surface area contributed by atoms with E-state index in [1.807, 2.05) is 6.08 Å². The second kappa shape index (κ2) is 13.3. The van der Waals surface area contributed by atoms with Crippen molar-refractivity contribution in [1.29, 1.82) is 0 Å². The fraction of sp³-hybridized carbons (Fsp3) is 0.643. The van der Waals surface area contributed by atoms with Gasteiger partial charge in [0.25, 0.3) is 0 Å². The van der Waals surface area contributed by atoms with Crippen molar-refractivity contribution in [2.45, 2.75) is 51.4 Å². The van der Waals surface area contributed by atoms with Crippen LogP contribution in [0.2, 0.25) is 0 Å². The molecule has 0 aromatic heterocycles. The zero-order chi connectivity index (χ0) is 13.6. The highest BCUT2D eigenvalue weighted by Gasteiger charge is 2.01. The molecular formula is C14H23Br2NO. The lowest BCUT2D eigenvalue weighted by Crippen LogP contribution is -2.23. The molecule has 0 radical (unpaired) electrons. The summed E-state index contributed by atoms with van der Waals surface area (Å²) in [5, 5.41) is 2.86. The predicted molar refractivity (Wildman–Crippen MR) is 86.1 cm³/mol. The van der Waals surface area contributed by atoms with Gasteiger partial charge in [-0.05, 0) is 24.2 Å². The molecule has 0 aliphatic rings. The minimum Gasteiger partial charge on any atom is -0.351 e. The van der Waals surface area contributed by atoms with E-state index < -0.39 is 0 Å². The van der Waals surface area contributed by atoms with Crippen molar-refractivity contribution in [1.82, 2.24) is 5.32 Å². The van der Waals surface area contributed by atoms with Crippen LogP contribution in [0.5, 0.6) is 0 Å². The zero-order valence-electron chi connectivity index (χ0n) is 10.9. The maximum atomic E-state index is 11.5. The van der Waals surface area contributed by atoms with E-state index in [0.29, 0.717) is 13.0 Å². The van der Waals surface area contributed by atoms with Crippen LogP contribution in [-0.2, 0) is 4.79 Å². The third kappa shape index (κ3) is 12.4. The zero-order valence-corrected chi connectivity index (χ0v) is 14.1. The SMILES string of the molecule is C=CCCCCCCCCC(=O)NCC(Br)=CBr. The second-order valence-electron chi connectivity index (χ2n) is 4.28. The van der Waals surface area contributed by atoms with Crippen LogP contribution in [0.4, 0.5) is 0 Å². The van der Waals surface area contributed by atoms with Crippen molar-refractivity contribution in [3.05, 3.63) is 22.1 Å². The molecule has 1 N–H and O–H groups in total. The van der Waals surface area contributed by atoms with E-state index in [2.05, 4.69) is 43.8 Å². The quantitative estimate of drug-likeness (QED) is 0.394. The van der Waals surface area contributed by atoms with Gasteiger partial charge in [-0.1, -0.05) is 63.6 Å². The number of unbranched alkanes of at least 4 members (excludes halogenated alkanes) is 6. The molecular weight excluding hydrogens is 358 g/mol. The van der Waals surface area contributed by atoms with E-state index in [1.54, 1.807) is 4.99 Å². The molecule has 0 aliphatic carbocycles. The number of carbonyl (C=O) groups is 1. The van der Waals surface area contributed by atoms with Crippen LogP contribution >= 0.6 is 31.9 Å². The third-order valence-corrected chi connectivity index (χ3v) is 4.31.